The minimum Gasteiger partial charge on any atom is -0.492 e. The maximum absolute atomic E-state index is 14.8. The van der Waals surface area contributed by atoms with Crippen molar-refractivity contribution >= 4 is 5.97 Å². The van der Waals surface area contributed by atoms with Crippen LogP contribution in [0.1, 0.15) is 64.7 Å². The van der Waals surface area contributed by atoms with Crippen molar-refractivity contribution in [2.45, 2.75) is 83.1 Å². The normalized spacial score (nSPS) is 30.5. The van der Waals surface area contributed by atoms with Gasteiger partial charge in [0.05, 0.1) is 13.2 Å². The number of hydrogen-bond acceptors (Lipinski definition) is 4. The third kappa shape index (κ3) is 5.83. The highest BCUT2D eigenvalue weighted by Gasteiger charge is 2.49. The smallest absolute Gasteiger partial charge is 0.305 e. The number of rotatable bonds is 10. The average Bonchev–Trinajstić information content (AvgIpc) is 3.17. The van der Waals surface area contributed by atoms with Crippen LogP contribution in [-0.4, -0.2) is 36.6 Å². The van der Waals surface area contributed by atoms with E-state index in [4.69, 9.17) is 4.74 Å². The van der Waals surface area contributed by atoms with Crippen molar-refractivity contribution in [2.75, 3.05) is 7.11 Å². The maximum Gasteiger partial charge on any atom is 0.305 e. The van der Waals surface area contributed by atoms with E-state index in [9.17, 15) is 14.3 Å². The summed E-state index contributed by atoms with van der Waals surface area (Å²) < 4.78 is 25.3. The van der Waals surface area contributed by atoms with E-state index in [0.29, 0.717) is 25.0 Å². The number of alkyl halides is 1. The number of halogens is 1. The number of aliphatic hydroxyl groups is 1. The van der Waals surface area contributed by atoms with E-state index in [2.05, 4.69) is 11.7 Å². The minimum atomic E-state index is -1.09. The van der Waals surface area contributed by atoms with Crippen molar-refractivity contribution in [3.63, 3.8) is 0 Å². The Hall–Kier alpha value is -1.36. The monoisotopic (exact) mass is 368 g/mol. The molecule has 5 heteroatoms. The standard InChI is InChI=1S/C21H33FO4/c1-3-4-5-8-16(23)13-11-15-12-14-17-20(15)21(22)18(26-17)9-6-7-10-19(24)25-2/h9,11,13,15-17,20-21,23H,3-8,10,12,14H2,1-2H3/t15-,16-,17-,20+,21?/m0/s1. The SMILES string of the molecule is CCCCC[C@H](O)C=C[C@H]1CC[C@@H]2OC(=CCCCC(=O)OC)C(F)[C@@H]21. The van der Waals surface area contributed by atoms with Crippen LogP contribution in [0.2, 0.25) is 0 Å². The summed E-state index contributed by atoms with van der Waals surface area (Å²) in [5.41, 5.74) is 0. The van der Waals surface area contributed by atoms with Gasteiger partial charge in [-0.05, 0) is 44.1 Å². The summed E-state index contributed by atoms with van der Waals surface area (Å²) in [4.78, 5) is 11.1. The lowest BCUT2D eigenvalue weighted by molar-refractivity contribution is -0.140. The minimum absolute atomic E-state index is 0.0660. The summed E-state index contributed by atoms with van der Waals surface area (Å²) in [6, 6.07) is 0. The van der Waals surface area contributed by atoms with Crippen LogP contribution in [0.3, 0.4) is 0 Å². The van der Waals surface area contributed by atoms with Gasteiger partial charge in [-0.1, -0.05) is 38.3 Å². The Balaban J connectivity index is 1.83. The molecule has 4 nitrogen and oxygen atoms in total. The molecule has 0 spiro atoms. The summed E-state index contributed by atoms with van der Waals surface area (Å²) in [6.07, 6.45) is 11.4. The largest absolute Gasteiger partial charge is 0.492 e. The van der Waals surface area contributed by atoms with Crippen LogP contribution in [0.25, 0.3) is 0 Å². The van der Waals surface area contributed by atoms with Crippen molar-refractivity contribution in [1.82, 2.24) is 0 Å². The van der Waals surface area contributed by atoms with Crippen molar-refractivity contribution in [1.29, 1.82) is 0 Å². The molecule has 2 aliphatic rings. The van der Waals surface area contributed by atoms with Gasteiger partial charge in [0.15, 0.2) is 6.17 Å². The molecule has 1 saturated heterocycles. The summed E-state index contributed by atoms with van der Waals surface area (Å²) in [6.45, 7) is 2.14. The quantitative estimate of drug-likeness (QED) is 0.351. The summed E-state index contributed by atoms with van der Waals surface area (Å²) in [5.74, 6) is 0.149. The second-order valence-corrected chi connectivity index (χ2v) is 7.40. The summed E-state index contributed by atoms with van der Waals surface area (Å²) in [7, 11) is 1.37. The zero-order valence-corrected chi connectivity index (χ0v) is 16.0. The molecule has 2 rings (SSSR count). The van der Waals surface area contributed by atoms with Gasteiger partial charge in [-0.3, -0.25) is 4.79 Å². The molecule has 1 aliphatic heterocycles. The molecule has 0 radical (unpaired) electrons. The lowest BCUT2D eigenvalue weighted by Crippen LogP contribution is -2.21. The fourth-order valence-electron chi connectivity index (χ4n) is 3.94. The van der Waals surface area contributed by atoms with E-state index in [1.54, 1.807) is 6.08 Å². The molecular weight excluding hydrogens is 335 g/mol. The number of unbranched alkanes of at least 4 members (excludes halogenated alkanes) is 3. The number of aliphatic hydroxyl groups excluding tert-OH is 1. The van der Waals surface area contributed by atoms with Crippen molar-refractivity contribution < 1.29 is 23.8 Å². The second kappa shape index (κ2) is 10.7. The molecule has 148 valence electrons. The number of fused-ring (bicyclic) bond motifs is 1. The number of methoxy groups -OCH3 is 1. The van der Waals surface area contributed by atoms with Gasteiger partial charge in [0.2, 0.25) is 0 Å². The first-order chi connectivity index (χ1) is 12.6. The van der Waals surface area contributed by atoms with Gasteiger partial charge in [-0.2, -0.15) is 0 Å². The average molecular weight is 368 g/mol. The van der Waals surface area contributed by atoms with E-state index in [1.807, 2.05) is 12.2 Å². The molecule has 0 aromatic rings. The zero-order chi connectivity index (χ0) is 18.9. The number of allylic oxidation sites excluding steroid dienone is 3. The van der Waals surface area contributed by atoms with Crippen LogP contribution in [0.5, 0.6) is 0 Å². The molecule has 0 bridgehead atoms. The molecule has 1 N–H and O–H groups in total. The Morgan fingerprint density at radius 1 is 1.38 bits per heavy atom. The highest BCUT2D eigenvalue weighted by Crippen LogP contribution is 2.47. The van der Waals surface area contributed by atoms with Crippen molar-refractivity contribution in [2.24, 2.45) is 11.8 Å². The lowest BCUT2D eigenvalue weighted by atomic mass is 9.90. The first-order valence-electron chi connectivity index (χ1n) is 10.0. The molecule has 1 aliphatic carbocycles. The summed E-state index contributed by atoms with van der Waals surface area (Å²) in [5, 5.41) is 10.0. The molecule has 26 heavy (non-hydrogen) atoms. The van der Waals surface area contributed by atoms with E-state index in [1.165, 1.54) is 7.11 Å². The highest BCUT2D eigenvalue weighted by molar-refractivity contribution is 5.69. The van der Waals surface area contributed by atoms with E-state index < -0.39 is 12.3 Å². The van der Waals surface area contributed by atoms with Gasteiger partial charge < -0.3 is 14.6 Å². The van der Waals surface area contributed by atoms with E-state index in [-0.39, 0.29) is 23.9 Å². The van der Waals surface area contributed by atoms with Gasteiger partial charge in [-0.25, -0.2) is 4.39 Å². The molecular formula is C21H33FO4. The predicted octanol–water partition coefficient (Wildman–Crippen LogP) is 4.47. The fourth-order valence-corrected chi connectivity index (χ4v) is 3.94. The molecule has 5 atom stereocenters. The molecule has 1 heterocycles. The number of ether oxygens (including phenoxy) is 2. The van der Waals surface area contributed by atoms with Gasteiger partial charge in [0.25, 0.3) is 0 Å². The Bertz CT molecular complexity index is 502. The van der Waals surface area contributed by atoms with Crippen LogP contribution >= 0.6 is 0 Å². The molecule has 0 amide bonds. The molecule has 1 unspecified atom stereocenters. The van der Waals surface area contributed by atoms with E-state index in [0.717, 1.165) is 38.5 Å². The number of carbonyl (C=O) groups is 1. The van der Waals surface area contributed by atoms with Gasteiger partial charge in [0.1, 0.15) is 11.9 Å². The first-order valence-corrected chi connectivity index (χ1v) is 10.0. The third-order valence-electron chi connectivity index (χ3n) is 5.45. The Kier molecular flexibility index (Phi) is 8.63. The van der Waals surface area contributed by atoms with Crippen LogP contribution in [-0.2, 0) is 14.3 Å². The Morgan fingerprint density at radius 3 is 2.92 bits per heavy atom. The second-order valence-electron chi connectivity index (χ2n) is 7.40. The number of carbonyl (C=O) groups excluding carboxylic acids is 1. The van der Waals surface area contributed by atoms with Crippen LogP contribution in [0.15, 0.2) is 24.0 Å². The van der Waals surface area contributed by atoms with Crippen LogP contribution in [0, 0.1) is 11.8 Å². The number of hydrogen-bond donors (Lipinski definition) is 1. The first kappa shape index (κ1) is 20.9. The predicted molar refractivity (Wildman–Crippen MR) is 99.2 cm³/mol. The van der Waals surface area contributed by atoms with E-state index >= 15 is 0 Å². The van der Waals surface area contributed by atoms with Crippen LogP contribution in [0.4, 0.5) is 4.39 Å². The Morgan fingerprint density at radius 2 is 2.19 bits per heavy atom. The van der Waals surface area contributed by atoms with Crippen molar-refractivity contribution in [3.8, 4) is 0 Å². The lowest BCUT2D eigenvalue weighted by Gasteiger charge is -2.15. The molecule has 0 aromatic carbocycles. The Labute approximate surface area is 156 Å². The van der Waals surface area contributed by atoms with Crippen LogP contribution < -0.4 is 0 Å². The third-order valence-corrected chi connectivity index (χ3v) is 5.45. The molecule has 1 saturated carbocycles. The van der Waals surface area contributed by atoms with Crippen molar-refractivity contribution in [3.05, 3.63) is 24.0 Å². The summed E-state index contributed by atoms with van der Waals surface area (Å²) >= 11 is 0. The number of esters is 1. The van der Waals surface area contributed by atoms with Gasteiger partial charge in [0, 0.05) is 12.3 Å². The maximum atomic E-state index is 14.8. The molecule has 2 fully saturated rings. The zero-order valence-electron chi connectivity index (χ0n) is 16.0. The topological polar surface area (TPSA) is 55.8 Å². The fraction of sp³-hybridized carbons (Fsp3) is 0.762. The highest BCUT2D eigenvalue weighted by atomic mass is 19.1. The molecule has 0 aromatic heterocycles. The van der Waals surface area contributed by atoms with Gasteiger partial charge >= 0.3 is 5.97 Å². The van der Waals surface area contributed by atoms with Gasteiger partial charge in [-0.15, -0.1) is 0 Å².